The molecule has 3 rings (SSSR count). The van der Waals surface area contributed by atoms with Gasteiger partial charge in [-0.05, 0) is 50.8 Å². The van der Waals surface area contributed by atoms with Crippen molar-refractivity contribution in [3.05, 3.63) is 81.4 Å². The van der Waals surface area contributed by atoms with E-state index >= 15 is 0 Å². The molecule has 0 amide bonds. The summed E-state index contributed by atoms with van der Waals surface area (Å²) in [5, 5.41) is 11.9. The van der Waals surface area contributed by atoms with Crippen molar-refractivity contribution in [2.45, 2.75) is 19.8 Å². The summed E-state index contributed by atoms with van der Waals surface area (Å²) in [6.07, 6.45) is 2.57. The lowest BCUT2D eigenvalue weighted by Crippen LogP contribution is -2.29. The number of ketones is 1. The van der Waals surface area contributed by atoms with Crippen LogP contribution in [0.25, 0.3) is 0 Å². The smallest absolute Gasteiger partial charge is 0.293 e. The van der Waals surface area contributed by atoms with E-state index < -0.39 is 4.92 Å². The van der Waals surface area contributed by atoms with E-state index in [0.717, 1.165) is 13.0 Å². The number of likely N-dealkylation sites (N-methyl/N-ethyl adjacent to an activating group) is 2. The molecule has 10 heteroatoms. The SMILES string of the molecule is CCCOc1ccc(C(=O)c2ccnc(Cc3cc([N+](=O)[O-])c(N(C)CCN(C)C)cc3OC)n2)cc1. The van der Waals surface area contributed by atoms with Crippen molar-refractivity contribution in [1.29, 1.82) is 0 Å². The minimum Gasteiger partial charge on any atom is -0.496 e. The van der Waals surface area contributed by atoms with Crippen LogP contribution in [-0.2, 0) is 6.42 Å². The van der Waals surface area contributed by atoms with Crippen molar-refractivity contribution in [2.75, 3.05) is 52.8 Å². The molecule has 1 aromatic heterocycles. The minimum absolute atomic E-state index is 0.0327. The van der Waals surface area contributed by atoms with Crippen LogP contribution in [0.2, 0.25) is 0 Å². The Kier molecular flexibility index (Phi) is 9.51. The molecule has 10 nitrogen and oxygen atoms in total. The Labute approximate surface area is 217 Å². The van der Waals surface area contributed by atoms with Gasteiger partial charge >= 0.3 is 0 Å². The normalized spacial score (nSPS) is 10.9. The standard InChI is InChI=1S/C27H33N5O5/c1-6-15-37-21-9-7-19(8-10-21)27(33)22-11-12-28-26(29-22)17-20-16-24(32(34)35)23(18-25(20)36-5)31(4)14-13-30(2)3/h7-12,16,18H,6,13-15,17H2,1-5H3. The molecule has 0 aliphatic carbocycles. The number of hydrogen-bond acceptors (Lipinski definition) is 9. The second-order valence-electron chi connectivity index (χ2n) is 8.87. The zero-order valence-electron chi connectivity index (χ0n) is 21.9. The monoisotopic (exact) mass is 507 g/mol. The van der Waals surface area contributed by atoms with Gasteiger partial charge in [-0.2, -0.15) is 0 Å². The largest absolute Gasteiger partial charge is 0.496 e. The molecule has 0 spiro atoms. The summed E-state index contributed by atoms with van der Waals surface area (Å²) in [6.45, 7) is 3.98. The van der Waals surface area contributed by atoms with Crippen molar-refractivity contribution < 1.29 is 19.2 Å². The Morgan fingerprint density at radius 2 is 1.81 bits per heavy atom. The third-order valence-electron chi connectivity index (χ3n) is 5.74. The van der Waals surface area contributed by atoms with Gasteiger partial charge in [0, 0.05) is 56.0 Å². The topological polar surface area (TPSA) is 111 Å². The van der Waals surface area contributed by atoms with Gasteiger partial charge in [-0.25, -0.2) is 9.97 Å². The molecule has 1 heterocycles. The maximum atomic E-state index is 13.0. The quantitative estimate of drug-likeness (QED) is 0.192. The van der Waals surface area contributed by atoms with Crippen LogP contribution in [0.1, 0.15) is 40.8 Å². The number of hydrogen-bond donors (Lipinski definition) is 0. The van der Waals surface area contributed by atoms with Gasteiger partial charge in [-0.1, -0.05) is 6.92 Å². The maximum Gasteiger partial charge on any atom is 0.293 e. The van der Waals surface area contributed by atoms with E-state index in [4.69, 9.17) is 9.47 Å². The molecule has 0 unspecified atom stereocenters. The van der Waals surface area contributed by atoms with Crippen LogP contribution in [0, 0.1) is 10.1 Å². The van der Waals surface area contributed by atoms with E-state index in [-0.39, 0.29) is 23.6 Å². The lowest BCUT2D eigenvalue weighted by atomic mass is 10.1. The van der Waals surface area contributed by atoms with Gasteiger partial charge in [0.1, 0.15) is 28.7 Å². The molecule has 0 aliphatic heterocycles. The van der Waals surface area contributed by atoms with Crippen LogP contribution in [0.5, 0.6) is 11.5 Å². The second kappa shape index (κ2) is 12.8. The zero-order chi connectivity index (χ0) is 26.9. The maximum absolute atomic E-state index is 13.0. The van der Waals surface area contributed by atoms with Crippen LogP contribution < -0.4 is 14.4 Å². The molecule has 0 aliphatic rings. The zero-order valence-corrected chi connectivity index (χ0v) is 21.9. The van der Waals surface area contributed by atoms with Crippen LogP contribution >= 0.6 is 0 Å². The number of anilines is 1. The molecule has 2 aromatic carbocycles. The van der Waals surface area contributed by atoms with Crippen molar-refractivity contribution in [1.82, 2.24) is 14.9 Å². The van der Waals surface area contributed by atoms with Gasteiger partial charge in [0.2, 0.25) is 5.78 Å². The molecular formula is C27H33N5O5. The summed E-state index contributed by atoms with van der Waals surface area (Å²) < 4.78 is 11.1. The number of carbonyl (C=O) groups is 1. The molecular weight excluding hydrogens is 474 g/mol. The second-order valence-corrected chi connectivity index (χ2v) is 8.87. The predicted octanol–water partition coefficient (Wildman–Crippen LogP) is 4.00. The van der Waals surface area contributed by atoms with Gasteiger partial charge in [0.25, 0.3) is 5.69 Å². The van der Waals surface area contributed by atoms with Crippen molar-refractivity contribution in [3.8, 4) is 11.5 Å². The molecule has 0 saturated carbocycles. The van der Waals surface area contributed by atoms with E-state index in [0.29, 0.717) is 47.3 Å². The Morgan fingerprint density at radius 3 is 2.43 bits per heavy atom. The lowest BCUT2D eigenvalue weighted by Gasteiger charge is -2.22. The number of nitro groups is 1. The molecule has 196 valence electrons. The van der Waals surface area contributed by atoms with E-state index in [2.05, 4.69) is 9.97 Å². The number of nitrogens with zero attached hydrogens (tertiary/aromatic N) is 5. The first-order valence-electron chi connectivity index (χ1n) is 12.0. The first-order chi connectivity index (χ1) is 17.7. The first-order valence-corrected chi connectivity index (χ1v) is 12.0. The molecule has 0 bridgehead atoms. The van der Waals surface area contributed by atoms with E-state index in [9.17, 15) is 14.9 Å². The third kappa shape index (κ3) is 7.23. The number of nitro benzene ring substituents is 1. The highest BCUT2D eigenvalue weighted by Crippen LogP contribution is 2.35. The predicted molar refractivity (Wildman–Crippen MR) is 142 cm³/mol. The Hall–Kier alpha value is -4.05. The summed E-state index contributed by atoms with van der Waals surface area (Å²) in [5.41, 5.74) is 1.70. The van der Waals surface area contributed by atoms with E-state index in [1.807, 2.05) is 37.9 Å². The molecule has 0 N–H and O–H groups in total. The van der Waals surface area contributed by atoms with E-state index in [1.165, 1.54) is 19.4 Å². The van der Waals surface area contributed by atoms with Crippen molar-refractivity contribution >= 4 is 17.2 Å². The molecule has 3 aromatic rings. The Morgan fingerprint density at radius 1 is 1.08 bits per heavy atom. The fourth-order valence-electron chi connectivity index (χ4n) is 3.70. The number of ether oxygens (including phenoxy) is 2. The van der Waals surface area contributed by atoms with Crippen molar-refractivity contribution in [3.63, 3.8) is 0 Å². The highest BCUT2D eigenvalue weighted by Gasteiger charge is 2.23. The fourth-order valence-corrected chi connectivity index (χ4v) is 3.70. The summed E-state index contributed by atoms with van der Waals surface area (Å²) in [5.74, 6) is 1.29. The van der Waals surface area contributed by atoms with Crippen LogP contribution in [0.4, 0.5) is 11.4 Å². The molecule has 0 atom stereocenters. The first kappa shape index (κ1) is 27.5. The van der Waals surface area contributed by atoms with Gasteiger partial charge in [0.05, 0.1) is 18.6 Å². The van der Waals surface area contributed by atoms with Crippen LogP contribution in [0.15, 0.2) is 48.7 Å². The highest BCUT2D eigenvalue weighted by molar-refractivity contribution is 6.07. The molecule has 0 saturated heterocycles. The Balaban J connectivity index is 1.86. The highest BCUT2D eigenvalue weighted by atomic mass is 16.6. The van der Waals surface area contributed by atoms with Gasteiger partial charge in [-0.15, -0.1) is 0 Å². The average molecular weight is 508 g/mol. The number of benzene rings is 2. The molecule has 37 heavy (non-hydrogen) atoms. The summed E-state index contributed by atoms with van der Waals surface area (Å²) >= 11 is 0. The number of rotatable bonds is 13. The summed E-state index contributed by atoms with van der Waals surface area (Å²) in [4.78, 5) is 37.1. The fraction of sp³-hybridized carbons (Fsp3) is 0.370. The lowest BCUT2D eigenvalue weighted by molar-refractivity contribution is -0.384. The molecule has 0 fully saturated rings. The van der Waals surface area contributed by atoms with Gasteiger partial charge in [0.15, 0.2) is 0 Å². The van der Waals surface area contributed by atoms with Crippen molar-refractivity contribution in [2.24, 2.45) is 0 Å². The minimum atomic E-state index is -0.404. The summed E-state index contributed by atoms with van der Waals surface area (Å²) in [6, 6.07) is 11.6. The van der Waals surface area contributed by atoms with Gasteiger partial charge < -0.3 is 19.3 Å². The van der Waals surface area contributed by atoms with Crippen LogP contribution in [0.3, 0.4) is 0 Å². The van der Waals surface area contributed by atoms with Gasteiger partial charge in [-0.3, -0.25) is 14.9 Å². The van der Waals surface area contributed by atoms with E-state index in [1.54, 1.807) is 36.4 Å². The average Bonchev–Trinajstić information content (AvgIpc) is 2.90. The third-order valence-corrected chi connectivity index (χ3v) is 5.74. The number of aromatic nitrogens is 2. The number of methoxy groups -OCH3 is 1. The Bertz CT molecular complexity index is 1230. The van der Waals surface area contributed by atoms with Crippen LogP contribution in [-0.4, -0.2) is 73.5 Å². The molecule has 0 radical (unpaired) electrons. The number of carbonyl (C=O) groups excluding carboxylic acids is 1. The summed E-state index contributed by atoms with van der Waals surface area (Å²) in [7, 11) is 7.22.